The molecular formula is C47H55ClF3N5O8S3. The molecule has 2 N–H and O–H groups in total. The predicted molar refractivity (Wildman–Crippen MR) is 253 cm³/mol. The Balaban J connectivity index is 1.21. The Labute approximate surface area is 396 Å². The lowest BCUT2D eigenvalue weighted by Gasteiger charge is -2.39. The molecule has 0 bridgehead atoms. The number of nitrogens with zero attached hydrogens (tertiary/aromatic N) is 4. The summed E-state index contributed by atoms with van der Waals surface area (Å²) in [7, 11) is -15.4. The zero-order valence-electron chi connectivity index (χ0n) is 37.3. The highest BCUT2D eigenvalue weighted by atomic mass is 35.5. The molecular weight excluding hydrogens is 951 g/mol. The highest BCUT2D eigenvalue weighted by molar-refractivity contribution is 7.92. The Morgan fingerprint density at radius 1 is 0.821 bits per heavy atom. The van der Waals surface area contributed by atoms with Crippen LogP contribution in [0.3, 0.4) is 0 Å². The third-order valence-electron chi connectivity index (χ3n) is 12.7. The maximum Gasteiger partial charge on any atom is 0.501 e. The number of halogens is 4. The Hall–Kier alpha value is -4.34. The Morgan fingerprint density at radius 2 is 1.46 bits per heavy atom. The molecule has 20 heteroatoms. The molecule has 1 aliphatic carbocycles. The maximum atomic E-state index is 15.0. The van der Waals surface area contributed by atoms with E-state index >= 15 is 4.79 Å². The van der Waals surface area contributed by atoms with Crippen molar-refractivity contribution in [3.05, 3.63) is 119 Å². The van der Waals surface area contributed by atoms with E-state index in [0.717, 1.165) is 61.6 Å². The molecule has 3 aliphatic rings. The topological polar surface area (TPSA) is 168 Å². The molecule has 1 amide bonds. The molecule has 362 valence electrons. The van der Waals surface area contributed by atoms with Crippen LogP contribution in [0.4, 0.5) is 24.5 Å². The van der Waals surface area contributed by atoms with Gasteiger partial charge in [0.1, 0.15) is 4.90 Å². The molecule has 4 aromatic carbocycles. The molecule has 2 heterocycles. The number of sulfonamides is 1. The van der Waals surface area contributed by atoms with E-state index in [1.165, 1.54) is 53.1 Å². The molecule has 2 aliphatic heterocycles. The lowest BCUT2D eigenvalue weighted by Crippen LogP contribution is -2.48. The van der Waals surface area contributed by atoms with Crippen molar-refractivity contribution < 1.29 is 48.0 Å². The maximum absolute atomic E-state index is 15.0. The van der Waals surface area contributed by atoms with Gasteiger partial charge in [-0.05, 0) is 109 Å². The van der Waals surface area contributed by atoms with Crippen LogP contribution in [0.25, 0.3) is 5.57 Å². The van der Waals surface area contributed by atoms with Crippen LogP contribution < -0.4 is 14.9 Å². The van der Waals surface area contributed by atoms with E-state index in [1.807, 2.05) is 17.0 Å². The molecule has 2 saturated heterocycles. The van der Waals surface area contributed by atoms with Crippen molar-refractivity contribution in [3.8, 4) is 0 Å². The van der Waals surface area contributed by atoms with Crippen LogP contribution >= 0.6 is 11.6 Å². The number of benzene rings is 4. The number of ether oxygens (including phenoxy) is 1. The number of hydrogen-bond acceptors (Lipinski definition) is 11. The number of sulfone groups is 2. The lowest BCUT2D eigenvalue weighted by molar-refractivity contribution is -0.0436. The van der Waals surface area contributed by atoms with Crippen LogP contribution in [-0.4, -0.2) is 124 Å². The lowest BCUT2D eigenvalue weighted by atomic mass is 9.73. The number of alkyl halides is 3. The van der Waals surface area contributed by atoms with Gasteiger partial charge in [0, 0.05) is 68.6 Å². The number of anilines is 2. The number of morpholine rings is 1. The number of hydrogen-bond donors (Lipinski definition) is 1. The van der Waals surface area contributed by atoms with Gasteiger partial charge in [-0.1, -0.05) is 61.4 Å². The summed E-state index contributed by atoms with van der Waals surface area (Å²) in [4.78, 5) is 19.6. The highest BCUT2D eigenvalue weighted by Crippen LogP contribution is 2.43. The third kappa shape index (κ3) is 12.1. The van der Waals surface area contributed by atoms with E-state index in [-0.39, 0.29) is 34.9 Å². The van der Waals surface area contributed by atoms with Crippen LogP contribution in [0.1, 0.15) is 55.5 Å². The summed E-state index contributed by atoms with van der Waals surface area (Å²) in [5, 5.41) is 5.96. The van der Waals surface area contributed by atoms with Gasteiger partial charge in [-0.2, -0.15) is 13.2 Å². The van der Waals surface area contributed by atoms with Gasteiger partial charge in [-0.25, -0.2) is 30.4 Å². The number of rotatable bonds is 15. The molecule has 0 unspecified atom stereocenters. The number of carbonyl (C=O) groups excluding carboxylic acids is 1. The van der Waals surface area contributed by atoms with E-state index in [9.17, 15) is 38.4 Å². The number of allylic oxidation sites excluding steroid dienone is 1. The molecule has 4 aromatic rings. The fourth-order valence-electron chi connectivity index (χ4n) is 9.05. The summed E-state index contributed by atoms with van der Waals surface area (Å²) < 4.78 is 129. The summed E-state index contributed by atoms with van der Waals surface area (Å²) in [6.45, 7) is 9.98. The van der Waals surface area contributed by atoms with Crippen LogP contribution in [0.5, 0.6) is 0 Å². The molecule has 0 aromatic heterocycles. The Morgan fingerprint density at radius 3 is 2.07 bits per heavy atom. The average molecular weight is 1010 g/mol. The largest absolute Gasteiger partial charge is 0.501 e. The first-order valence-corrected chi connectivity index (χ1v) is 27.0. The van der Waals surface area contributed by atoms with E-state index in [4.69, 9.17) is 21.5 Å². The van der Waals surface area contributed by atoms with Crippen LogP contribution in [0.2, 0.25) is 5.02 Å². The first-order chi connectivity index (χ1) is 31.5. The highest BCUT2D eigenvalue weighted by Gasteiger charge is 2.50. The summed E-state index contributed by atoms with van der Waals surface area (Å²) in [6.07, 6.45) is 2.89. The van der Waals surface area contributed by atoms with Crippen molar-refractivity contribution >= 4 is 64.2 Å². The molecule has 7 rings (SSSR count). The van der Waals surface area contributed by atoms with Gasteiger partial charge in [-0.15, -0.1) is 0 Å². The number of nitrogens with two attached hydrogens (primary N) is 1. The van der Waals surface area contributed by atoms with Crippen LogP contribution in [0, 0.1) is 5.41 Å². The van der Waals surface area contributed by atoms with Gasteiger partial charge in [-0.3, -0.25) is 14.6 Å². The summed E-state index contributed by atoms with van der Waals surface area (Å²) in [6, 6.07) is 21.9. The second-order valence-corrected chi connectivity index (χ2v) is 24.0. The van der Waals surface area contributed by atoms with E-state index in [0.29, 0.717) is 44.4 Å². The molecule has 0 spiro atoms. The molecule has 0 radical (unpaired) electrons. The van der Waals surface area contributed by atoms with Crippen molar-refractivity contribution in [2.45, 2.75) is 65.8 Å². The number of primary sulfonamides is 1. The van der Waals surface area contributed by atoms with Gasteiger partial charge < -0.3 is 14.5 Å². The average Bonchev–Trinajstić information content (AvgIpc) is 3.28. The monoisotopic (exact) mass is 1010 g/mol. The quantitative estimate of drug-likeness (QED) is 0.127. The zero-order valence-corrected chi connectivity index (χ0v) is 40.5. The third-order valence-corrected chi connectivity index (χ3v) is 17.2. The van der Waals surface area contributed by atoms with Gasteiger partial charge in [0.2, 0.25) is 10.0 Å². The van der Waals surface area contributed by atoms with Gasteiger partial charge in [0.05, 0.1) is 40.5 Å². The Bertz CT molecular complexity index is 2780. The van der Waals surface area contributed by atoms with Gasteiger partial charge >= 0.3 is 5.51 Å². The minimum Gasteiger partial charge on any atom is -0.379 e. The van der Waals surface area contributed by atoms with Crippen molar-refractivity contribution in [3.63, 3.8) is 0 Å². The molecule has 0 saturated carbocycles. The molecule has 67 heavy (non-hydrogen) atoms. The SMILES string of the molecule is CC1(C)CCC(c2ccc(Cl)cc2)=C(CN2CCN(c3ccc(C(=O)N(c4ccc(S(N)(=O)=O)cc4S(=O)(=O)C(F)(F)F)[C@H](CCN4CCOCC4)CS(=O)(=O)c4ccccc4)cc3)CC2)C1. The van der Waals surface area contributed by atoms with E-state index < -0.39 is 68.4 Å². The summed E-state index contributed by atoms with van der Waals surface area (Å²) >= 11 is 6.21. The number of piperazine rings is 1. The summed E-state index contributed by atoms with van der Waals surface area (Å²) in [5.74, 6) is -1.83. The van der Waals surface area contributed by atoms with Crippen LogP contribution in [-0.2, 0) is 34.4 Å². The fraction of sp³-hybridized carbons (Fsp3) is 0.426. The first-order valence-electron chi connectivity index (χ1n) is 22.0. The van der Waals surface area contributed by atoms with Crippen molar-refractivity contribution in [2.75, 3.05) is 81.1 Å². The Kier molecular flexibility index (Phi) is 15.3. The normalized spacial score (nSPS) is 18.5. The first kappa shape index (κ1) is 50.5. The predicted octanol–water partition coefficient (Wildman–Crippen LogP) is 7.28. The van der Waals surface area contributed by atoms with E-state index in [1.54, 1.807) is 18.2 Å². The van der Waals surface area contributed by atoms with Gasteiger partial charge in [0.15, 0.2) is 9.84 Å². The van der Waals surface area contributed by atoms with E-state index in [2.05, 4.69) is 35.8 Å². The van der Waals surface area contributed by atoms with Crippen molar-refractivity contribution in [1.29, 1.82) is 0 Å². The second-order valence-electron chi connectivity index (χ2n) is 18.0. The van der Waals surface area contributed by atoms with Gasteiger partial charge in [0.25, 0.3) is 15.7 Å². The number of amides is 1. The fourth-order valence-corrected chi connectivity index (χ4v) is 12.4. The summed E-state index contributed by atoms with van der Waals surface area (Å²) in [5.41, 5.74) is -2.02. The van der Waals surface area contributed by atoms with Crippen molar-refractivity contribution in [1.82, 2.24) is 9.80 Å². The molecule has 2 fully saturated rings. The van der Waals surface area contributed by atoms with Crippen molar-refractivity contribution in [2.24, 2.45) is 10.6 Å². The minimum atomic E-state index is -6.38. The smallest absolute Gasteiger partial charge is 0.379 e. The molecule has 1 atom stereocenters. The standard InChI is InChI=1S/C47H55ClF3N5O8S3/c1-46(2)20-18-42(34-8-12-37(48)13-9-34)36(31-46)32-54-22-24-55(25-23-54)38-14-10-35(11-15-38)45(57)56(43-17-16-41(67(52,62)63)30-44(43)66(60,61)47(49,50)51)39(19-21-53-26-28-64-29-27-53)33-65(58,59)40-6-4-3-5-7-40/h3-17,30,39H,18-29,31-33H2,1-2H3,(H2,52,62,63)/t39-/m1/s1. The zero-order chi connectivity index (χ0) is 48.4. The number of carbonyl (C=O) groups is 1. The van der Waals surface area contributed by atoms with Crippen LogP contribution in [0.15, 0.2) is 117 Å². The second kappa shape index (κ2) is 20.3. The molecule has 13 nitrogen and oxygen atoms in total. The minimum absolute atomic E-state index is 0.0803.